The maximum absolute atomic E-state index is 12.0. The van der Waals surface area contributed by atoms with Crippen LogP contribution in [-0.2, 0) is 9.59 Å². The van der Waals surface area contributed by atoms with Crippen LogP contribution in [0.1, 0.15) is 52.4 Å². The summed E-state index contributed by atoms with van der Waals surface area (Å²) in [6.45, 7) is 4.13. The van der Waals surface area contributed by atoms with Crippen LogP contribution in [0.5, 0.6) is 0 Å². The lowest BCUT2D eigenvalue weighted by Crippen LogP contribution is -2.32. The first-order valence-electron chi connectivity index (χ1n) is 6.15. The quantitative estimate of drug-likeness (QED) is 0.714. The minimum absolute atomic E-state index is 0.230. The van der Waals surface area contributed by atoms with Gasteiger partial charge in [-0.3, -0.25) is 9.59 Å². The Morgan fingerprint density at radius 2 is 2.20 bits per heavy atom. The molecular weight excluding hydrogens is 188 g/mol. The molecule has 0 aromatic carbocycles. The Bertz CT molecular complexity index is 295. The molecule has 2 aliphatic carbocycles. The van der Waals surface area contributed by atoms with Crippen LogP contribution in [-0.4, -0.2) is 11.6 Å². The zero-order valence-electron chi connectivity index (χ0n) is 9.71. The molecule has 0 heterocycles. The molecule has 0 bridgehead atoms. The van der Waals surface area contributed by atoms with E-state index in [0.29, 0.717) is 36.9 Å². The van der Waals surface area contributed by atoms with Crippen molar-refractivity contribution >= 4 is 11.6 Å². The number of carbonyl (C=O) groups excluding carboxylic acids is 2. The maximum Gasteiger partial charge on any atom is 0.139 e. The van der Waals surface area contributed by atoms with Crippen LogP contribution in [0.2, 0.25) is 0 Å². The molecule has 3 atom stereocenters. The highest BCUT2D eigenvalue weighted by atomic mass is 16.1. The monoisotopic (exact) mass is 208 g/mol. The van der Waals surface area contributed by atoms with Gasteiger partial charge in [0.2, 0.25) is 0 Å². The Balaban J connectivity index is 2.22. The molecule has 0 radical (unpaired) electrons. The van der Waals surface area contributed by atoms with Crippen molar-refractivity contribution in [2.75, 3.05) is 0 Å². The summed E-state index contributed by atoms with van der Waals surface area (Å²) in [5.74, 6) is 1.78. The van der Waals surface area contributed by atoms with Gasteiger partial charge < -0.3 is 0 Å². The molecule has 0 saturated heterocycles. The molecule has 0 aromatic rings. The number of ketones is 2. The Morgan fingerprint density at radius 3 is 2.87 bits per heavy atom. The highest BCUT2D eigenvalue weighted by molar-refractivity contribution is 5.93. The van der Waals surface area contributed by atoms with Gasteiger partial charge in [0.1, 0.15) is 11.6 Å². The molecule has 2 nitrogen and oxygen atoms in total. The van der Waals surface area contributed by atoms with Crippen molar-refractivity contribution in [1.82, 2.24) is 0 Å². The summed E-state index contributed by atoms with van der Waals surface area (Å²) in [5.41, 5.74) is -0.230. The van der Waals surface area contributed by atoms with E-state index in [9.17, 15) is 9.59 Å². The second kappa shape index (κ2) is 3.73. The summed E-state index contributed by atoms with van der Waals surface area (Å²) >= 11 is 0. The second-order valence-electron chi connectivity index (χ2n) is 5.31. The number of rotatable bonds is 3. The third-order valence-electron chi connectivity index (χ3n) is 4.59. The van der Waals surface area contributed by atoms with E-state index in [1.807, 2.05) is 6.92 Å². The molecular formula is C13H20O2. The summed E-state index contributed by atoms with van der Waals surface area (Å²) in [6.07, 6.45) is 4.94. The van der Waals surface area contributed by atoms with E-state index in [2.05, 4.69) is 6.92 Å². The van der Waals surface area contributed by atoms with Crippen LogP contribution >= 0.6 is 0 Å². The number of Topliss-reactive ketones (excluding diaryl/α,β-unsaturated/α-hetero) is 2. The third kappa shape index (κ3) is 1.54. The van der Waals surface area contributed by atoms with Gasteiger partial charge in [-0.25, -0.2) is 0 Å². The number of fused-ring (bicyclic) bond motifs is 1. The van der Waals surface area contributed by atoms with Gasteiger partial charge in [-0.2, -0.15) is 0 Å². The molecule has 0 aliphatic heterocycles. The van der Waals surface area contributed by atoms with Gasteiger partial charge >= 0.3 is 0 Å². The predicted molar refractivity (Wildman–Crippen MR) is 58.5 cm³/mol. The van der Waals surface area contributed by atoms with Gasteiger partial charge in [0.15, 0.2) is 0 Å². The van der Waals surface area contributed by atoms with Gasteiger partial charge in [-0.15, -0.1) is 0 Å². The number of carbonyl (C=O) groups is 2. The standard InChI is InChI=1S/C13H20O2/c1-3-10(14)8-13-7-6-9(2)11(13)4-5-12(13)15/h9,11H,3-8H2,1-2H3/t9-,11-,13-/m0/s1. The molecule has 2 rings (SSSR count). The average Bonchev–Trinajstić information content (AvgIpc) is 2.69. The van der Waals surface area contributed by atoms with E-state index in [-0.39, 0.29) is 11.2 Å². The van der Waals surface area contributed by atoms with Crippen LogP contribution in [0.25, 0.3) is 0 Å². The van der Waals surface area contributed by atoms with Gasteiger partial charge in [0.25, 0.3) is 0 Å². The second-order valence-corrected chi connectivity index (χ2v) is 5.31. The molecule has 2 heteroatoms. The normalized spacial score (nSPS) is 39.5. The molecule has 0 unspecified atom stereocenters. The Hall–Kier alpha value is -0.660. The molecule has 0 spiro atoms. The molecule has 84 valence electrons. The molecule has 15 heavy (non-hydrogen) atoms. The van der Waals surface area contributed by atoms with Crippen molar-refractivity contribution in [2.45, 2.75) is 52.4 Å². The minimum Gasteiger partial charge on any atom is -0.300 e. The molecule has 2 aliphatic rings. The number of hydrogen-bond acceptors (Lipinski definition) is 2. The molecule has 2 fully saturated rings. The van der Waals surface area contributed by atoms with E-state index in [0.717, 1.165) is 19.3 Å². The van der Waals surface area contributed by atoms with Crippen molar-refractivity contribution < 1.29 is 9.59 Å². The SMILES string of the molecule is CCC(=O)C[C@@]12CC[C@H](C)[C@@H]1CCC2=O. The summed E-state index contributed by atoms with van der Waals surface area (Å²) < 4.78 is 0. The Morgan fingerprint density at radius 1 is 1.47 bits per heavy atom. The van der Waals surface area contributed by atoms with Crippen LogP contribution in [0.15, 0.2) is 0 Å². The summed E-state index contributed by atoms with van der Waals surface area (Å²) in [4.78, 5) is 23.6. The maximum atomic E-state index is 12.0. The fraction of sp³-hybridized carbons (Fsp3) is 0.846. The Kier molecular flexibility index (Phi) is 2.70. The van der Waals surface area contributed by atoms with Crippen molar-refractivity contribution in [3.63, 3.8) is 0 Å². The zero-order chi connectivity index (χ0) is 11.1. The zero-order valence-corrected chi connectivity index (χ0v) is 9.71. The van der Waals surface area contributed by atoms with Gasteiger partial charge in [0.05, 0.1) is 0 Å². The van der Waals surface area contributed by atoms with Gasteiger partial charge in [-0.05, 0) is 31.1 Å². The summed E-state index contributed by atoms with van der Waals surface area (Å²) in [7, 11) is 0. The van der Waals surface area contributed by atoms with Crippen molar-refractivity contribution in [1.29, 1.82) is 0 Å². The van der Waals surface area contributed by atoms with Crippen LogP contribution in [0.4, 0.5) is 0 Å². The van der Waals surface area contributed by atoms with Crippen molar-refractivity contribution in [3.05, 3.63) is 0 Å². The fourth-order valence-electron chi connectivity index (χ4n) is 3.65. The highest BCUT2D eigenvalue weighted by Gasteiger charge is 2.55. The van der Waals surface area contributed by atoms with Crippen LogP contribution in [0.3, 0.4) is 0 Å². The fourth-order valence-corrected chi connectivity index (χ4v) is 3.65. The first-order valence-corrected chi connectivity index (χ1v) is 6.15. The minimum atomic E-state index is -0.230. The van der Waals surface area contributed by atoms with Gasteiger partial charge in [0, 0.05) is 24.7 Å². The van der Waals surface area contributed by atoms with Gasteiger partial charge in [-0.1, -0.05) is 13.8 Å². The largest absolute Gasteiger partial charge is 0.300 e. The number of hydrogen-bond donors (Lipinski definition) is 0. The summed E-state index contributed by atoms with van der Waals surface area (Å²) in [5, 5.41) is 0. The molecule has 2 saturated carbocycles. The first-order chi connectivity index (χ1) is 7.10. The lowest BCUT2D eigenvalue weighted by Gasteiger charge is -2.28. The average molecular weight is 208 g/mol. The van der Waals surface area contributed by atoms with E-state index in [4.69, 9.17) is 0 Å². The van der Waals surface area contributed by atoms with Crippen molar-refractivity contribution in [2.24, 2.45) is 17.3 Å². The van der Waals surface area contributed by atoms with E-state index in [1.54, 1.807) is 0 Å². The van der Waals surface area contributed by atoms with Crippen LogP contribution < -0.4 is 0 Å². The predicted octanol–water partition coefficient (Wildman–Crippen LogP) is 2.75. The lowest BCUT2D eigenvalue weighted by atomic mass is 9.74. The first kappa shape index (κ1) is 10.8. The Labute approximate surface area is 91.4 Å². The van der Waals surface area contributed by atoms with E-state index >= 15 is 0 Å². The molecule has 0 N–H and O–H groups in total. The third-order valence-corrected chi connectivity index (χ3v) is 4.59. The van der Waals surface area contributed by atoms with E-state index < -0.39 is 0 Å². The van der Waals surface area contributed by atoms with E-state index in [1.165, 1.54) is 0 Å². The highest BCUT2D eigenvalue weighted by Crippen LogP contribution is 2.56. The smallest absolute Gasteiger partial charge is 0.139 e. The van der Waals surface area contributed by atoms with Crippen LogP contribution in [0, 0.1) is 17.3 Å². The lowest BCUT2D eigenvalue weighted by molar-refractivity contribution is -0.132. The molecule has 0 aromatic heterocycles. The topological polar surface area (TPSA) is 34.1 Å². The van der Waals surface area contributed by atoms with Crippen molar-refractivity contribution in [3.8, 4) is 0 Å². The summed E-state index contributed by atoms with van der Waals surface area (Å²) in [6, 6.07) is 0. The molecule has 0 amide bonds.